The van der Waals surface area contributed by atoms with E-state index in [0.717, 1.165) is 0 Å². The maximum Gasteiger partial charge on any atom is 0.230 e. The molecule has 2 atom stereocenters. The molecule has 3 aromatic heterocycles. The molecule has 5 rings (SSSR count). The summed E-state index contributed by atoms with van der Waals surface area (Å²) in [6, 6.07) is 2.08. The van der Waals surface area contributed by atoms with Crippen LogP contribution < -0.4 is 10.6 Å². The minimum Gasteiger partial charge on any atom is -0.379 e. The van der Waals surface area contributed by atoms with E-state index in [1.54, 1.807) is 23.0 Å². The number of carbonyl (C=O) groups is 1. The maximum absolute atomic E-state index is 15.2. The lowest BCUT2D eigenvalue weighted by Crippen LogP contribution is -2.14. The third-order valence-electron chi connectivity index (χ3n) is 5.37. The van der Waals surface area contributed by atoms with E-state index in [0.29, 0.717) is 40.0 Å². The van der Waals surface area contributed by atoms with Gasteiger partial charge in [0.2, 0.25) is 5.91 Å². The van der Waals surface area contributed by atoms with Crippen molar-refractivity contribution in [2.24, 2.45) is 11.8 Å². The number of H-pyrrole nitrogens is 1. The summed E-state index contributed by atoms with van der Waals surface area (Å²) in [5.74, 6) is -1.01. The van der Waals surface area contributed by atoms with Gasteiger partial charge >= 0.3 is 0 Å². The van der Waals surface area contributed by atoms with Gasteiger partial charge in [-0.2, -0.15) is 10.4 Å². The van der Waals surface area contributed by atoms with Crippen molar-refractivity contribution in [3.8, 4) is 17.3 Å². The summed E-state index contributed by atoms with van der Waals surface area (Å²) < 4.78 is 16.8. The molecule has 162 valence electrons. The molecule has 1 amide bonds. The van der Waals surface area contributed by atoms with Gasteiger partial charge in [0.1, 0.15) is 0 Å². The molecule has 0 saturated heterocycles. The standard InChI is InChI=1S/C21H18ClFN8O/c1-9(2)27-20-18(23)17(22)16(12-5-26-30-19(12)20)13-7-31-8-14(28-15(31)6-25-13)29-21(32)11-3-10(11)4-24/h5-11,27H,3H2,1-2H3,(H,26,30)(H,29,32). The van der Waals surface area contributed by atoms with Crippen molar-refractivity contribution in [3.05, 3.63) is 35.6 Å². The molecule has 1 saturated carbocycles. The minimum atomic E-state index is -0.593. The second-order valence-corrected chi connectivity index (χ2v) is 8.44. The topological polar surface area (TPSA) is 124 Å². The Labute approximate surface area is 186 Å². The van der Waals surface area contributed by atoms with Gasteiger partial charge in [0.05, 0.1) is 58.4 Å². The number of nitrogens with zero attached hydrogens (tertiary/aromatic N) is 5. The smallest absolute Gasteiger partial charge is 0.230 e. The number of rotatable bonds is 5. The number of carbonyl (C=O) groups excluding carboxylic acids is 1. The molecular weight excluding hydrogens is 435 g/mol. The Morgan fingerprint density at radius 3 is 2.94 bits per heavy atom. The molecule has 9 nitrogen and oxygen atoms in total. The number of aromatic nitrogens is 5. The van der Waals surface area contributed by atoms with Crippen LogP contribution >= 0.6 is 11.6 Å². The highest BCUT2D eigenvalue weighted by atomic mass is 35.5. The zero-order chi connectivity index (χ0) is 22.6. The first-order valence-electron chi connectivity index (χ1n) is 10.0. The Hall–Kier alpha value is -3.71. The number of aromatic amines is 1. The van der Waals surface area contributed by atoms with Gasteiger partial charge in [-0.25, -0.2) is 9.37 Å². The van der Waals surface area contributed by atoms with Crippen molar-refractivity contribution in [2.75, 3.05) is 10.6 Å². The van der Waals surface area contributed by atoms with Crippen LogP contribution in [0.1, 0.15) is 20.3 Å². The van der Waals surface area contributed by atoms with Crippen molar-refractivity contribution in [1.29, 1.82) is 5.26 Å². The molecular formula is C21H18ClFN8O. The van der Waals surface area contributed by atoms with Crippen molar-refractivity contribution in [3.63, 3.8) is 0 Å². The number of amides is 1. The Balaban J connectivity index is 1.54. The lowest BCUT2D eigenvalue weighted by molar-refractivity contribution is -0.117. The molecule has 0 aliphatic heterocycles. The lowest BCUT2D eigenvalue weighted by Gasteiger charge is -2.15. The first-order chi connectivity index (χ1) is 15.4. The summed E-state index contributed by atoms with van der Waals surface area (Å²) in [5.41, 5.74) is 2.07. The van der Waals surface area contributed by atoms with Crippen LogP contribution in [-0.4, -0.2) is 36.5 Å². The van der Waals surface area contributed by atoms with Crippen LogP contribution in [-0.2, 0) is 4.79 Å². The predicted molar refractivity (Wildman–Crippen MR) is 118 cm³/mol. The van der Waals surface area contributed by atoms with Crippen LogP contribution in [0.5, 0.6) is 0 Å². The van der Waals surface area contributed by atoms with E-state index in [9.17, 15) is 4.79 Å². The van der Waals surface area contributed by atoms with Crippen molar-refractivity contribution >= 4 is 45.6 Å². The van der Waals surface area contributed by atoms with Gasteiger partial charge in [0, 0.05) is 23.2 Å². The van der Waals surface area contributed by atoms with E-state index >= 15 is 4.39 Å². The Morgan fingerprint density at radius 2 is 2.22 bits per heavy atom. The van der Waals surface area contributed by atoms with E-state index in [2.05, 4.69) is 36.9 Å². The van der Waals surface area contributed by atoms with Gasteiger partial charge < -0.3 is 15.0 Å². The maximum atomic E-state index is 15.2. The molecule has 1 fully saturated rings. The van der Waals surface area contributed by atoms with Gasteiger partial charge in [-0.1, -0.05) is 11.6 Å². The summed E-state index contributed by atoms with van der Waals surface area (Å²) in [6.45, 7) is 3.80. The van der Waals surface area contributed by atoms with Gasteiger partial charge in [0.15, 0.2) is 17.3 Å². The second kappa shape index (κ2) is 7.46. The van der Waals surface area contributed by atoms with Gasteiger partial charge in [-0.15, -0.1) is 0 Å². The van der Waals surface area contributed by atoms with Crippen molar-refractivity contribution in [2.45, 2.75) is 26.3 Å². The largest absolute Gasteiger partial charge is 0.379 e. The predicted octanol–water partition coefficient (Wildman–Crippen LogP) is 3.98. The minimum absolute atomic E-state index is 0.00829. The van der Waals surface area contributed by atoms with Crippen LogP contribution in [0.15, 0.2) is 24.8 Å². The third kappa shape index (κ3) is 3.31. The number of hydrogen-bond donors (Lipinski definition) is 3. The Bertz CT molecular complexity index is 1420. The van der Waals surface area contributed by atoms with Crippen LogP contribution in [0.2, 0.25) is 5.02 Å². The number of anilines is 2. The van der Waals surface area contributed by atoms with Gasteiger partial charge in [0.25, 0.3) is 0 Å². The lowest BCUT2D eigenvalue weighted by atomic mass is 10.1. The highest BCUT2D eigenvalue weighted by Crippen LogP contribution is 2.41. The van der Waals surface area contributed by atoms with Gasteiger partial charge in [-0.3, -0.25) is 14.9 Å². The van der Waals surface area contributed by atoms with Crippen molar-refractivity contribution < 1.29 is 9.18 Å². The number of hydrogen-bond acceptors (Lipinski definition) is 6. The normalized spacial score (nSPS) is 17.6. The monoisotopic (exact) mass is 452 g/mol. The first-order valence-corrected chi connectivity index (χ1v) is 10.4. The molecule has 1 aromatic carbocycles. The van der Waals surface area contributed by atoms with E-state index in [4.69, 9.17) is 16.9 Å². The van der Waals surface area contributed by atoms with Crippen molar-refractivity contribution in [1.82, 2.24) is 24.6 Å². The summed E-state index contributed by atoms with van der Waals surface area (Å²) in [4.78, 5) is 21.0. The van der Waals surface area contributed by atoms with Gasteiger partial charge in [-0.05, 0) is 20.3 Å². The first kappa shape index (κ1) is 20.2. The number of fused-ring (bicyclic) bond motifs is 2. The second-order valence-electron chi connectivity index (χ2n) is 8.07. The Kier molecular flexibility index (Phi) is 4.71. The van der Waals surface area contributed by atoms with E-state index < -0.39 is 5.82 Å². The molecule has 4 aromatic rings. The number of benzene rings is 1. The zero-order valence-corrected chi connectivity index (χ0v) is 17.9. The van der Waals surface area contributed by atoms with E-state index in [1.165, 1.54) is 6.20 Å². The molecule has 3 N–H and O–H groups in total. The molecule has 11 heteroatoms. The Morgan fingerprint density at radius 1 is 1.41 bits per heavy atom. The summed E-state index contributed by atoms with van der Waals surface area (Å²) in [6.07, 6.45) is 6.95. The molecule has 0 bridgehead atoms. The molecule has 0 spiro atoms. The quantitative estimate of drug-likeness (QED) is 0.420. The molecule has 1 aliphatic rings. The van der Waals surface area contributed by atoms with E-state index in [1.807, 2.05) is 13.8 Å². The number of imidazole rings is 1. The summed E-state index contributed by atoms with van der Waals surface area (Å²) in [5, 5.41) is 22.1. The van der Waals surface area contributed by atoms with Crippen LogP contribution in [0, 0.1) is 29.0 Å². The van der Waals surface area contributed by atoms with Crippen LogP contribution in [0.3, 0.4) is 0 Å². The molecule has 32 heavy (non-hydrogen) atoms. The fourth-order valence-electron chi connectivity index (χ4n) is 3.72. The molecule has 2 unspecified atom stereocenters. The SMILES string of the molecule is CC(C)Nc1c(F)c(Cl)c(-c2cn3cc(NC(=O)C4CC4C#N)nc3cn2)c2cn[nH]c12. The van der Waals surface area contributed by atoms with Crippen LogP contribution in [0.4, 0.5) is 15.9 Å². The number of halogens is 2. The average molecular weight is 453 g/mol. The zero-order valence-electron chi connectivity index (χ0n) is 17.1. The molecule has 0 radical (unpaired) electrons. The highest BCUT2D eigenvalue weighted by Gasteiger charge is 2.43. The summed E-state index contributed by atoms with van der Waals surface area (Å²) >= 11 is 6.44. The fourth-order valence-corrected chi connectivity index (χ4v) is 4.02. The molecule has 1 aliphatic carbocycles. The van der Waals surface area contributed by atoms with E-state index in [-0.39, 0.29) is 34.5 Å². The fraction of sp³-hybridized carbons (Fsp3) is 0.286. The third-order valence-corrected chi connectivity index (χ3v) is 5.72. The number of nitrogens with one attached hydrogen (secondary N) is 3. The number of nitriles is 1. The molecule has 3 heterocycles. The average Bonchev–Trinajstić information content (AvgIpc) is 3.22. The highest BCUT2D eigenvalue weighted by molar-refractivity contribution is 6.35. The summed E-state index contributed by atoms with van der Waals surface area (Å²) in [7, 11) is 0. The van der Waals surface area contributed by atoms with Crippen LogP contribution in [0.25, 0.3) is 27.8 Å².